The SMILES string of the molecule is COC(=O)c1cc(C)c(CC(O)Cc2cc(-n3ccnc3)ccc2C)c(C)c1. The maximum absolute atomic E-state index is 11.8. The van der Waals surface area contributed by atoms with Crippen molar-refractivity contribution in [2.75, 3.05) is 7.11 Å². The van der Waals surface area contributed by atoms with Gasteiger partial charge in [-0.2, -0.15) is 0 Å². The first-order chi connectivity index (χ1) is 13.4. The average Bonchev–Trinajstić information content (AvgIpc) is 3.20. The minimum atomic E-state index is -0.516. The second-order valence-corrected chi connectivity index (χ2v) is 7.22. The largest absolute Gasteiger partial charge is 0.465 e. The molecule has 0 aliphatic heterocycles. The number of nitrogens with zero attached hydrogens (tertiary/aromatic N) is 2. The van der Waals surface area contributed by atoms with E-state index in [1.54, 1.807) is 12.5 Å². The summed E-state index contributed by atoms with van der Waals surface area (Å²) in [6, 6.07) is 9.86. The molecule has 146 valence electrons. The molecule has 0 spiro atoms. The number of rotatable bonds is 6. The molecule has 0 radical (unpaired) electrons. The van der Waals surface area contributed by atoms with Crippen molar-refractivity contribution in [3.05, 3.63) is 82.4 Å². The highest BCUT2D eigenvalue weighted by Crippen LogP contribution is 2.22. The average molecular weight is 378 g/mol. The molecule has 0 bridgehead atoms. The van der Waals surface area contributed by atoms with Gasteiger partial charge in [0.25, 0.3) is 0 Å². The zero-order chi connectivity index (χ0) is 20.3. The van der Waals surface area contributed by atoms with Gasteiger partial charge in [-0.05, 0) is 85.7 Å². The predicted molar refractivity (Wildman–Crippen MR) is 109 cm³/mol. The number of methoxy groups -OCH3 is 1. The van der Waals surface area contributed by atoms with Gasteiger partial charge in [-0.3, -0.25) is 0 Å². The third kappa shape index (κ3) is 4.31. The van der Waals surface area contributed by atoms with E-state index in [9.17, 15) is 9.90 Å². The lowest BCUT2D eigenvalue weighted by Gasteiger charge is -2.17. The third-order valence-corrected chi connectivity index (χ3v) is 5.15. The molecule has 3 rings (SSSR count). The Morgan fingerprint density at radius 1 is 1.11 bits per heavy atom. The van der Waals surface area contributed by atoms with Crippen molar-refractivity contribution >= 4 is 5.97 Å². The van der Waals surface area contributed by atoms with Crippen molar-refractivity contribution in [1.82, 2.24) is 9.55 Å². The molecule has 28 heavy (non-hydrogen) atoms. The van der Waals surface area contributed by atoms with E-state index in [1.807, 2.05) is 42.8 Å². The first-order valence-corrected chi connectivity index (χ1v) is 9.33. The van der Waals surface area contributed by atoms with E-state index in [1.165, 1.54) is 7.11 Å². The van der Waals surface area contributed by atoms with Gasteiger partial charge in [0.2, 0.25) is 0 Å². The van der Waals surface area contributed by atoms with Crippen molar-refractivity contribution in [2.45, 2.75) is 39.7 Å². The number of esters is 1. The van der Waals surface area contributed by atoms with Crippen molar-refractivity contribution in [1.29, 1.82) is 0 Å². The van der Waals surface area contributed by atoms with Crippen LogP contribution in [0, 0.1) is 20.8 Å². The number of aliphatic hydroxyl groups is 1. The smallest absolute Gasteiger partial charge is 0.337 e. The molecule has 0 aliphatic rings. The Balaban J connectivity index is 1.78. The normalized spacial score (nSPS) is 12.0. The maximum atomic E-state index is 11.8. The monoisotopic (exact) mass is 378 g/mol. The standard InChI is InChI=1S/C23H26N2O3/c1-15-5-6-20(25-8-7-24-14-25)11-18(15)12-21(26)13-22-16(2)9-19(10-17(22)3)23(27)28-4/h5-11,14,21,26H,12-13H2,1-4H3. The Kier molecular flexibility index (Phi) is 5.95. The lowest BCUT2D eigenvalue weighted by molar-refractivity contribution is 0.0600. The van der Waals surface area contributed by atoms with Gasteiger partial charge in [-0.15, -0.1) is 0 Å². The Bertz CT molecular complexity index is 955. The van der Waals surface area contributed by atoms with Gasteiger partial charge in [-0.25, -0.2) is 9.78 Å². The first-order valence-electron chi connectivity index (χ1n) is 9.33. The molecule has 1 N–H and O–H groups in total. The van der Waals surface area contributed by atoms with Gasteiger partial charge in [-0.1, -0.05) is 6.07 Å². The molecule has 1 heterocycles. The lowest BCUT2D eigenvalue weighted by atomic mass is 9.92. The second-order valence-electron chi connectivity index (χ2n) is 7.22. The zero-order valence-corrected chi connectivity index (χ0v) is 16.8. The molecule has 3 aromatic rings. The van der Waals surface area contributed by atoms with Crippen LogP contribution in [-0.4, -0.2) is 33.8 Å². The molecule has 0 fully saturated rings. The number of benzene rings is 2. The number of hydrogen-bond acceptors (Lipinski definition) is 4. The minimum absolute atomic E-state index is 0.342. The van der Waals surface area contributed by atoms with Crippen LogP contribution in [0.25, 0.3) is 5.69 Å². The Morgan fingerprint density at radius 3 is 2.43 bits per heavy atom. The van der Waals surface area contributed by atoms with Crippen LogP contribution in [0.2, 0.25) is 0 Å². The van der Waals surface area contributed by atoms with Crippen LogP contribution >= 0.6 is 0 Å². The highest BCUT2D eigenvalue weighted by atomic mass is 16.5. The maximum Gasteiger partial charge on any atom is 0.337 e. The van der Waals surface area contributed by atoms with Gasteiger partial charge < -0.3 is 14.4 Å². The molecular formula is C23H26N2O3. The highest BCUT2D eigenvalue weighted by molar-refractivity contribution is 5.90. The second kappa shape index (κ2) is 8.40. The number of hydrogen-bond donors (Lipinski definition) is 1. The number of ether oxygens (including phenoxy) is 1. The summed E-state index contributed by atoms with van der Waals surface area (Å²) in [5.41, 5.74) is 6.88. The summed E-state index contributed by atoms with van der Waals surface area (Å²) in [6.07, 6.45) is 6.00. The minimum Gasteiger partial charge on any atom is -0.465 e. The van der Waals surface area contributed by atoms with Crippen LogP contribution in [0.4, 0.5) is 0 Å². The van der Waals surface area contributed by atoms with E-state index in [4.69, 9.17) is 4.74 Å². The zero-order valence-electron chi connectivity index (χ0n) is 16.8. The molecule has 0 amide bonds. The number of carbonyl (C=O) groups is 1. The number of aryl methyl sites for hydroxylation is 3. The Morgan fingerprint density at radius 2 is 1.82 bits per heavy atom. The van der Waals surface area contributed by atoms with E-state index in [-0.39, 0.29) is 5.97 Å². The van der Waals surface area contributed by atoms with Crippen LogP contribution in [0.15, 0.2) is 49.1 Å². The van der Waals surface area contributed by atoms with Gasteiger partial charge >= 0.3 is 5.97 Å². The first kappa shape index (κ1) is 19.8. The Labute approximate surface area is 165 Å². The predicted octanol–water partition coefficient (Wildman–Crippen LogP) is 3.73. The van der Waals surface area contributed by atoms with Crippen LogP contribution in [0.1, 0.15) is 38.2 Å². The molecule has 2 aromatic carbocycles. The fourth-order valence-corrected chi connectivity index (χ4v) is 3.56. The van der Waals surface area contributed by atoms with Crippen LogP contribution in [0.3, 0.4) is 0 Å². The number of imidazole rings is 1. The molecule has 0 aliphatic carbocycles. The summed E-state index contributed by atoms with van der Waals surface area (Å²) in [5, 5.41) is 10.8. The van der Waals surface area contributed by atoms with Crippen molar-refractivity contribution < 1.29 is 14.6 Å². The third-order valence-electron chi connectivity index (χ3n) is 5.15. The molecule has 0 saturated carbocycles. The fourth-order valence-electron chi connectivity index (χ4n) is 3.56. The van der Waals surface area contributed by atoms with Crippen molar-refractivity contribution in [2.24, 2.45) is 0 Å². The topological polar surface area (TPSA) is 64.3 Å². The van der Waals surface area contributed by atoms with E-state index in [0.29, 0.717) is 18.4 Å². The summed E-state index contributed by atoms with van der Waals surface area (Å²) in [7, 11) is 1.38. The molecule has 1 atom stereocenters. The summed E-state index contributed by atoms with van der Waals surface area (Å²) in [6.45, 7) is 5.99. The van der Waals surface area contributed by atoms with Crippen LogP contribution in [0.5, 0.6) is 0 Å². The quantitative estimate of drug-likeness (QED) is 0.664. The van der Waals surface area contributed by atoms with Crippen molar-refractivity contribution in [3.8, 4) is 5.69 Å². The van der Waals surface area contributed by atoms with Gasteiger partial charge in [0.1, 0.15) is 0 Å². The highest BCUT2D eigenvalue weighted by Gasteiger charge is 2.15. The molecule has 1 unspecified atom stereocenters. The van der Waals surface area contributed by atoms with Crippen molar-refractivity contribution in [3.63, 3.8) is 0 Å². The van der Waals surface area contributed by atoms with Crippen LogP contribution in [-0.2, 0) is 17.6 Å². The molecule has 1 aromatic heterocycles. The molecule has 5 heteroatoms. The van der Waals surface area contributed by atoms with Crippen LogP contribution < -0.4 is 0 Å². The lowest BCUT2D eigenvalue weighted by Crippen LogP contribution is -2.17. The fraction of sp³-hybridized carbons (Fsp3) is 0.304. The van der Waals surface area contributed by atoms with Gasteiger partial charge in [0.05, 0.1) is 25.1 Å². The summed E-state index contributed by atoms with van der Waals surface area (Å²) in [5.74, 6) is -0.342. The van der Waals surface area contributed by atoms with Gasteiger partial charge in [0.15, 0.2) is 0 Å². The number of carbonyl (C=O) groups excluding carboxylic acids is 1. The van der Waals surface area contributed by atoms with Gasteiger partial charge in [0, 0.05) is 18.1 Å². The van der Waals surface area contributed by atoms with E-state index < -0.39 is 6.10 Å². The number of aromatic nitrogens is 2. The molecule has 0 saturated heterocycles. The molecular weight excluding hydrogens is 352 g/mol. The number of aliphatic hydroxyl groups excluding tert-OH is 1. The van der Waals surface area contributed by atoms with E-state index in [0.717, 1.165) is 33.5 Å². The van der Waals surface area contributed by atoms with E-state index >= 15 is 0 Å². The summed E-state index contributed by atoms with van der Waals surface area (Å²) < 4.78 is 6.76. The summed E-state index contributed by atoms with van der Waals surface area (Å²) >= 11 is 0. The van der Waals surface area contributed by atoms with E-state index in [2.05, 4.69) is 24.0 Å². The summed E-state index contributed by atoms with van der Waals surface area (Å²) in [4.78, 5) is 15.9. The molecule has 5 nitrogen and oxygen atoms in total. The Hall–Kier alpha value is -2.92.